The van der Waals surface area contributed by atoms with Gasteiger partial charge >= 0.3 is 0 Å². The monoisotopic (exact) mass is 318 g/mol. The van der Waals surface area contributed by atoms with E-state index < -0.39 is 11.6 Å². The predicted molar refractivity (Wildman–Crippen MR) is 83.9 cm³/mol. The van der Waals surface area contributed by atoms with Gasteiger partial charge in [0, 0.05) is 17.0 Å². The van der Waals surface area contributed by atoms with Crippen molar-refractivity contribution in [3.8, 4) is 22.8 Å². The Morgan fingerprint density at radius 3 is 2.26 bits per heavy atom. The molecule has 3 rings (SSSR count). The second-order valence-electron chi connectivity index (χ2n) is 4.93. The van der Waals surface area contributed by atoms with Gasteiger partial charge in [0.15, 0.2) is 11.4 Å². The highest BCUT2D eigenvalue weighted by atomic mass is 19.2. The van der Waals surface area contributed by atoms with Crippen molar-refractivity contribution in [1.29, 1.82) is 0 Å². The van der Waals surface area contributed by atoms with E-state index in [9.17, 15) is 8.78 Å². The Balaban J connectivity index is 2.07. The van der Waals surface area contributed by atoms with Crippen molar-refractivity contribution < 1.29 is 22.7 Å². The summed E-state index contributed by atoms with van der Waals surface area (Å²) in [7, 11) is 0. The number of fused-ring (bicyclic) bond motifs is 1. The van der Waals surface area contributed by atoms with E-state index >= 15 is 0 Å². The fraction of sp³-hybridized carbons (Fsp3) is 0.222. The van der Waals surface area contributed by atoms with Crippen molar-refractivity contribution in [1.82, 2.24) is 0 Å². The standard InChI is InChI=1S/C18H16F2O3/c1-3-21-13-7-5-11(6-8-13)14-9-12-10-15(22-4-2)23-18(12)17(20)16(14)19/h5-10H,3-4H2,1-2H3. The van der Waals surface area contributed by atoms with Gasteiger partial charge in [-0.2, -0.15) is 4.39 Å². The zero-order valence-electron chi connectivity index (χ0n) is 12.9. The molecule has 1 aromatic heterocycles. The third-order valence-electron chi connectivity index (χ3n) is 3.43. The lowest BCUT2D eigenvalue weighted by atomic mass is 10.0. The minimum Gasteiger partial charge on any atom is -0.494 e. The Hall–Kier alpha value is -2.56. The first-order valence-corrected chi connectivity index (χ1v) is 7.41. The third kappa shape index (κ3) is 2.86. The van der Waals surface area contributed by atoms with E-state index in [1.165, 1.54) is 0 Å². The molecular formula is C18H16F2O3. The molecule has 0 aliphatic heterocycles. The molecule has 2 aromatic carbocycles. The van der Waals surface area contributed by atoms with Gasteiger partial charge in [0.1, 0.15) is 5.75 Å². The number of hydrogen-bond acceptors (Lipinski definition) is 3. The van der Waals surface area contributed by atoms with Crippen LogP contribution in [0, 0.1) is 11.6 Å². The SMILES string of the molecule is CCOc1ccc(-c2cc3cc(OCC)oc3c(F)c2F)cc1. The molecule has 5 heteroatoms. The second-order valence-corrected chi connectivity index (χ2v) is 4.93. The zero-order chi connectivity index (χ0) is 16.4. The Bertz CT molecular complexity index is 822. The van der Waals surface area contributed by atoms with Crippen LogP contribution in [-0.4, -0.2) is 13.2 Å². The fourth-order valence-electron chi connectivity index (χ4n) is 2.42. The van der Waals surface area contributed by atoms with Crippen LogP contribution < -0.4 is 9.47 Å². The van der Waals surface area contributed by atoms with Gasteiger partial charge in [-0.1, -0.05) is 12.1 Å². The van der Waals surface area contributed by atoms with Crippen LogP contribution >= 0.6 is 0 Å². The second kappa shape index (κ2) is 6.28. The van der Waals surface area contributed by atoms with E-state index in [1.807, 2.05) is 6.92 Å². The smallest absolute Gasteiger partial charge is 0.285 e. The maximum atomic E-state index is 14.4. The molecule has 0 aliphatic carbocycles. The molecule has 1 heterocycles. The van der Waals surface area contributed by atoms with Crippen LogP contribution in [0.3, 0.4) is 0 Å². The molecule has 3 aromatic rings. The molecule has 0 radical (unpaired) electrons. The summed E-state index contributed by atoms with van der Waals surface area (Å²) in [5, 5.41) is 0.455. The third-order valence-corrected chi connectivity index (χ3v) is 3.43. The number of furan rings is 1. The summed E-state index contributed by atoms with van der Waals surface area (Å²) in [5.74, 6) is -1.11. The highest BCUT2D eigenvalue weighted by Gasteiger charge is 2.19. The summed E-state index contributed by atoms with van der Waals surface area (Å²) in [6.07, 6.45) is 0. The summed E-state index contributed by atoms with van der Waals surface area (Å²) < 4.78 is 44.4. The molecule has 0 unspecified atom stereocenters. The average molecular weight is 318 g/mol. The maximum Gasteiger partial charge on any atom is 0.285 e. The van der Waals surface area contributed by atoms with Gasteiger partial charge in [-0.25, -0.2) is 4.39 Å². The largest absolute Gasteiger partial charge is 0.494 e. The Morgan fingerprint density at radius 2 is 1.61 bits per heavy atom. The highest BCUT2D eigenvalue weighted by Crippen LogP contribution is 2.35. The highest BCUT2D eigenvalue weighted by molar-refractivity contribution is 5.85. The molecule has 0 N–H and O–H groups in total. The first kappa shape index (κ1) is 15.3. The van der Waals surface area contributed by atoms with E-state index in [4.69, 9.17) is 13.9 Å². The van der Waals surface area contributed by atoms with E-state index in [2.05, 4.69) is 0 Å². The van der Waals surface area contributed by atoms with Crippen molar-refractivity contribution in [2.45, 2.75) is 13.8 Å². The van der Waals surface area contributed by atoms with Gasteiger partial charge in [-0.15, -0.1) is 0 Å². The molecule has 23 heavy (non-hydrogen) atoms. The van der Waals surface area contributed by atoms with Crippen LogP contribution in [0.2, 0.25) is 0 Å². The summed E-state index contributed by atoms with van der Waals surface area (Å²) in [5.41, 5.74) is 0.591. The lowest BCUT2D eigenvalue weighted by Crippen LogP contribution is -1.93. The van der Waals surface area contributed by atoms with Crippen molar-refractivity contribution in [2.24, 2.45) is 0 Å². The normalized spacial score (nSPS) is 11.0. The topological polar surface area (TPSA) is 31.6 Å². The lowest BCUT2D eigenvalue weighted by Gasteiger charge is -2.07. The number of ether oxygens (including phenoxy) is 2. The molecule has 0 saturated carbocycles. The van der Waals surface area contributed by atoms with Gasteiger partial charge in [-0.05, 0) is 37.6 Å². The average Bonchev–Trinajstić information content (AvgIpc) is 2.95. The molecule has 120 valence electrons. The Labute approximate surface area is 132 Å². The molecule has 0 atom stereocenters. The van der Waals surface area contributed by atoms with Gasteiger partial charge < -0.3 is 13.9 Å². The zero-order valence-corrected chi connectivity index (χ0v) is 12.9. The quantitative estimate of drug-likeness (QED) is 0.650. The van der Waals surface area contributed by atoms with Crippen LogP contribution in [0.15, 0.2) is 40.8 Å². The molecular weight excluding hydrogens is 302 g/mol. The first-order chi connectivity index (χ1) is 11.1. The van der Waals surface area contributed by atoms with Gasteiger partial charge in [0.05, 0.1) is 13.2 Å². The van der Waals surface area contributed by atoms with Crippen LogP contribution in [-0.2, 0) is 0 Å². The maximum absolute atomic E-state index is 14.4. The van der Waals surface area contributed by atoms with E-state index in [0.717, 1.165) is 0 Å². The van der Waals surface area contributed by atoms with Crippen molar-refractivity contribution in [3.05, 3.63) is 48.0 Å². The predicted octanol–water partition coefficient (Wildman–Crippen LogP) is 5.18. The van der Waals surface area contributed by atoms with Crippen molar-refractivity contribution in [3.63, 3.8) is 0 Å². The summed E-state index contributed by atoms with van der Waals surface area (Å²) in [4.78, 5) is 0. The van der Waals surface area contributed by atoms with Crippen LogP contribution in [0.25, 0.3) is 22.1 Å². The van der Waals surface area contributed by atoms with Crippen LogP contribution in [0.4, 0.5) is 8.78 Å². The number of hydrogen-bond donors (Lipinski definition) is 0. The molecule has 0 spiro atoms. The summed E-state index contributed by atoms with van der Waals surface area (Å²) in [6, 6.07) is 9.94. The lowest BCUT2D eigenvalue weighted by molar-refractivity contribution is 0.263. The van der Waals surface area contributed by atoms with E-state index in [-0.39, 0.29) is 17.1 Å². The molecule has 0 bridgehead atoms. The molecule has 3 nitrogen and oxygen atoms in total. The molecule has 0 saturated heterocycles. The minimum absolute atomic E-state index is 0.138. The van der Waals surface area contributed by atoms with Gasteiger partial charge in [-0.3, -0.25) is 0 Å². The van der Waals surface area contributed by atoms with Crippen molar-refractivity contribution in [2.75, 3.05) is 13.2 Å². The molecule has 0 fully saturated rings. The number of rotatable bonds is 5. The van der Waals surface area contributed by atoms with E-state index in [0.29, 0.717) is 29.9 Å². The fourth-order valence-corrected chi connectivity index (χ4v) is 2.42. The minimum atomic E-state index is -1.02. The first-order valence-electron chi connectivity index (χ1n) is 7.41. The molecule has 0 aliphatic rings. The summed E-state index contributed by atoms with van der Waals surface area (Å²) in [6.45, 7) is 4.60. The van der Waals surface area contributed by atoms with Gasteiger partial charge in [0.25, 0.3) is 5.95 Å². The molecule has 0 amide bonds. The number of benzene rings is 2. The Morgan fingerprint density at radius 1 is 0.913 bits per heavy atom. The Kier molecular flexibility index (Phi) is 4.19. The van der Waals surface area contributed by atoms with Crippen LogP contribution in [0.1, 0.15) is 13.8 Å². The van der Waals surface area contributed by atoms with Crippen LogP contribution in [0.5, 0.6) is 11.7 Å². The summed E-state index contributed by atoms with van der Waals surface area (Å²) >= 11 is 0. The van der Waals surface area contributed by atoms with E-state index in [1.54, 1.807) is 43.3 Å². The van der Waals surface area contributed by atoms with Gasteiger partial charge in [0.2, 0.25) is 5.82 Å². The van der Waals surface area contributed by atoms with Crippen molar-refractivity contribution >= 4 is 11.0 Å². The number of halogens is 2.